The fourth-order valence-corrected chi connectivity index (χ4v) is 4.03. The Balaban J connectivity index is 1.44. The van der Waals surface area contributed by atoms with Gasteiger partial charge in [0.2, 0.25) is 5.91 Å². The van der Waals surface area contributed by atoms with Crippen molar-refractivity contribution in [2.24, 2.45) is 5.92 Å². The summed E-state index contributed by atoms with van der Waals surface area (Å²) in [5, 5.41) is 10.8. The molecule has 1 aliphatic heterocycles. The van der Waals surface area contributed by atoms with E-state index in [1.165, 1.54) is 11.3 Å². The van der Waals surface area contributed by atoms with Crippen LogP contribution in [0, 0.1) is 12.8 Å². The Morgan fingerprint density at radius 3 is 2.52 bits per heavy atom. The highest BCUT2D eigenvalue weighted by Gasteiger charge is 2.24. The van der Waals surface area contributed by atoms with Crippen molar-refractivity contribution in [3.05, 3.63) is 38.3 Å². The van der Waals surface area contributed by atoms with Crippen LogP contribution in [0.1, 0.15) is 22.9 Å². The van der Waals surface area contributed by atoms with Crippen molar-refractivity contribution in [2.45, 2.75) is 26.2 Å². The van der Waals surface area contributed by atoms with Gasteiger partial charge in [-0.25, -0.2) is 0 Å². The van der Waals surface area contributed by atoms with Crippen molar-refractivity contribution in [1.29, 1.82) is 0 Å². The number of halogens is 2. The first kappa shape index (κ1) is 18.4. The van der Waals surface area contributed by atoms with Crippen molar-refractivity contribution >= 4 is 40.4 Å². The second kappa shape index (κ2) is 8.34. The molecule has 0 bridgehead atoms. The molecule has 0 aliphatic carbocycles. The number of aryl methyl sites for hydroxylation is 1. The number of piperidine rings is 1. The van der Waals surface area contributed by atoms with Gasteiger partial charge >= 0.3 is 0 Å². The SMILES string of the molecule is Cc1nnc(CC(=O)N2CCC(COc3cc(Cl)cc(Cl)c3)CC2)s1. The minimum atomic E-state index is 0.122. The molecular formula is C17H19Cl2N3O2S. The molecule has 0 N–H and O–H groups in total. The van der Waals surface area contributed by atoms with Gasteiger partial charge in [-0.3, -0.25) is 4.79 Å². The van der Waals surface area contributed by atoms with Gasteiger partial charge in [0.15, 0.2) is 0 Å². The molecule has 1 aromatic heterocycles. The van der Waals surface area contributed by atoms with Gasteiger partial charge in [0, 0.05) is 23.1 Å². The zero-order chi connectivity index (χ0) is 17.8. The molecular weight excluding hydrogens is 381 g/mol. The van der Waals surface area contributed by atoms with Gasteiger partial charge in [-0.2, -0.15) is 0 Å². The Labute approximate surface area is 160 Å². The number of amides is 1. The van der Waals surface area contributed by atoms with Gasteiger partial charge < -0.3 is 9.64 Å². The first-order valence-corrected chi connectivity index (χ1v) is 9.72. The topological polar surface area (TPSA) is 55.3 Å². The fraction of sp³-hybridized carbons (Fsp3) is 0.471. The van der Waals surface area contributed by atoms with Crippen molar-refractivity contribution < 1.29 is 9.53 Å². The Morgan fingerprint density at radius 2 is 1.92 bits per heavy atom. The largest absolute Gasteiger partial charge is 0.493 e. The summed E-state index contributed by atoms with van der Waals surface area (Å²) < 4.78 is 5.81. The van der Waals surface area contributed by atoms with E-state index in [1.54, 1.807) is 18.2 Å². The number of nitrogens with zero attached hydrogens (tertiary/aromatic N) is 3. The highest BCUT2D eigenvalue weighted by molar-refractivity contribution is 7.11. The van der Waals surface area contributed by atoms with Crippen LogP contribution in [-0.4, -0.2) is 40.7 Å². The number of likely N-dealkylation sites (tertiary alicyclic amines) is 1. The average molecular weight is 400 g/mol. The zero-order valence-corrected chi connectivity index (χ0v) is 16.2. The van der Waals surface area contributed by atoms with Crippen LogP contribution in [-0.2, 0) is 11.2 Å². The molecule has 0 spiro atoms. The molecule has 1 aliphatic rings. The molecule has 0 saturated carbocycles. The predicted molar refractivity (Wildman–Crippen MR) is 99.6 cm³/mol. The van der Waals surface area contributed by atoms with E-state index in [9.17, 15) is 4.79 Å². The van der Waals surface area contributed by atoms with Crippen molar-refractivity contribution in [2.75, 3.05) is 19.7 Å². The lowest BCUT2D eigenvalue weighted by Crippen LogP contribution is -2.40. The Bertz CT molecular complexity index is 725. The number of ether oxygens (including phenoxy) is 1. The molecule has 1 amide bonds. The van der Waals surface area contributed by atoms with Crippen LogP contribution >= 0.6 is 34.5 Å². The average Bonchev–Trinajstić information content (AvgIpc) is 2.97. The van der Waals surface area contributed by atoms with Crippen LogP contribution in [0.15, 0.2) is 18.2 Å². The smallest absolute Gasteiger partial charge is 0.229 e. The highest BCUT2D eigenvalue weighted by atomic mass is 35.5. The fourth-order valence-electron chi connectivity index (χ4n) is 2.83. The van der Waals surface area contributed by atoms with Crippen molar-refractivity contribution in [1.82, 2.24) is 15.1 Å². The van der Waals surface area contributed by atoms with Crippen LogP contribution in [0.5, 0.6) is 5.75 Å². The number of hydrogen-bond donors (Lipinski definition) is 0. The Kier molecular flexibility index (Phi) is 6.15. The molecule has 0 radical (unpaired) electrons. The van der Waals surface area contributed by atoms with Crippen molar-refractivity contribution in [3.63, 3.8) is 0 Å². The van der Waals surface area contributed by atoms with Gasteiger partial charge in [-0.15, -0.1) is 21.5 Å². The molecule has 1 saturated heterocycles. The number of hydrogen-bond acceptors (Lipinski definition) is 5. The maximum Gasteiger partial charge on any atom is 0.229 e. The number of rotatable bonds is 5. The summed E-state index contributed by atoms with van der Waals surface area (Å²) in [5.74, 6) is 1.23. The monoisotopic (exact) mass is 399 g/mol. The van der Waals surface area contributed by atoms with Crippen LogP contribution < -0.4 is 4.74 Å². The molecule has 134 valence electrons. The summed E-state index contributed by atoms with van der Waals surface area (Å²) >= 11 is 13.4. The summed E-state index contributed by atoms with van der Waals surface area (Å²) in [6.45, 7) is 4.00. The number of carbonyl (C=O) groups excluding carboxylic acids is 1. The highest BCUT2D eigenvalue weighted by Crippen LogP contribution is 2.26. The number of carbonyl (C=O) groups is 1. The molecule has 2 heterocycles. The van der Waals surface area contributed by atoms with E-state index in [0.29, 0.717) is 34.7 Å². The Morgan fingerprint density at radius 1 is 1.24 bits per heavy atom. The molecule has 8 heteroatoms. The van der Waals surface area contributed by atoms with E-state index >= 15 is 0 Å². The molecule has 2 aromatic rings. The number of aromatic nitrogens is 2. The summed E-state index contributed by atoms with van der Waals surface area (Å²) in [6.07, 6.45) is 2.19. The van der Waals surface area contributed by atoms with E-state index in [4.69, 9.17) is 27.9 Å². The van der Waals surface area contributed by atoms with Crippen LogP contribution in [0.3, 0.4) is 0 Å². The van der Waals surface area contributed by atoms with E-state index in [-0.39, 0.29) is 5.91 Å². The minimum absolute atomic E-state index is 0.122. The van der Waals surface area contributed by atoms with E-state index in [2.05, 4.69) is 10.2 Å². The molecule has 0 unspecified atom stereocenters. The summed E-state index contributed by atoms with van der Waals surface area (Å²) in [5.41, 5.74) is 0. The Hall–Kier alpha value is -1.37. The summed E-state index contributed by atoms with van der Waals surface area (Å²) in [6, 6.07) is 5.20. The zero-order valence-electron chi connectivity index (χ0n) is 13.9. The second-order valence-corrected chi connectivity index (χ2v) is 8.27. The first-order valence-electron chi connectivity index (χ1n) is 8.15. The van der Waals surface area contributed by atoms with Gasteiger partial charge in [0.1, 0.15) is 15.8 Å². The third kappa shape index (κ3) is 5.30. The van der Waals surface area contributed by atoms with Gasteiger partial charge in [-0.1, -0.05) is 23.2 Å². The molecule has 3 rings (SSSR count). The van der Waals surface area contributed by atoms with E-state index in [0.717, 1.165) is 35.9 Å². The lowest BCUT2D eigenvalue weighted by atomic mass is 9.97. The molecule has 1 fully saturated rings. The normalized spacial score (nSPS) is 15.4. The van der Waals surface area contributed by atoms with Crippen LogP contribution in [0.4, 0.5) is 0 Å². The number of benzene rings is 1. The lowest BCUT2D eigenvalue weighted by molar-refractivity contribution is -0.132. The van der Waals surface area contributed by atoms with Crippen LogP contribution in [0.25, 0.3) is 0 Å². The standard InChI is InChI=1S/C17H19Cl2N3O2S/c1-11-20-21-16(25-11)9-17(23)22-4-2-12(3-5-22)10-24-15-7-13(18)6-14(19)8-15/h6-8,12H,2-5,9-10H2,1H3. The molecule has 1 aromatic carbocycles. The third-order valence-electron chi connectivity index (χ3n) is 4.16. The quantitative estimate of drug-likeness (QED) is 0.761. The third-order valence-corrected chi connectivity index (χ3v) is 5.43. The lowest BCUT2D eigenvalue weighted by Gasteiger charge is -2.31. The van der Waals surface area contributed by atoms with Gasteiger partial charge in [0.25, 0.3) is 0 Å². The minimum Gasteiger partial charge on any atom is -0.493 e. The van der Waals surface area contributed by atoms with Gasteiger partial charge in [0.05, 0.1) is 13.0 Å². The molecule has 25 heavy (non-hydrogen) atoms. The molecule has 5 nitrogen and oxygen atoms in total. The van der Waals surface area contributed by atoms with Crippen LogP contribution in [0.2, 0.25) is 10.0 Å². The summed E-state index contributed by atoms with van der Waals surface area (Å²) in [4.78, 5) is 14.2. The van der Waals surface area contributed by atoms with E-state index in [1.807, 2.05) is 11.8 Å². The van der Waals surface area contributed by atoms with Gasteiger partial charge in [-0.05, 0) is 43.9 Å². The van der Waals surface area contributed by atoms with Crippen molar-refractivity contribution in [3.8, 4) is 5.75 Å². The molecule has 0 atom stereocenters. The predicted octanol–water partition coefficient (Wildman–Crippen LogP) is 4.01. The maximum absolute atomic E-state index is 12.3. The first-order chi connectivity index (χ1) is 12.0. The van der Waals surface area contributed by atoms with E-state index < -0.39 is 0 Å². The maximum atomic E-state index is 12.3. The second-order valence-electron chi connectivity index (χ2n) is 6.13. The summed E-state index contributed by atoms with van der Waals surface area (Å²) in [7, 11) is 0.